The van der Waals surface area contributed by atoms with Crippen LogP contribution in [0.4, 0.5) is 0 Å². The lowest BCUT2D eigenvalue weighted by Crippen LogP contribution is -2.36. The molecule has 1 aromatic carbocycles. The third kappa shape index (κ3) is 4.67. The molecule has 0 radical (unpaired) electrons. The molecule has 0 unspecified atom stereocenters. The summed E-state index contributed by atoms with van der Waals surface area (Å²) in [6.45, 7) is 10.7. The zero-order chi connectivity index (χ0) is 20.4. The minimum Gasteiger partial charge on any atom is -0.338 e. The molecule has 0 aliphatic carbocycles. The van der Waals surface area contributed by atoms with Gasteiger partial charge in [-0.05, 0) is 36.4 Å². The number of hydrogen-bond acceptors (Lipinski definition) is 4. The molecule has 4 rings (SSSR count). The van der Waals surface area contributed by atoms with Crippen LogP contribution in [-0.2, 0) is 24.3 Å². The predicted octanol–water partition coefficient (Wildman–Crippen LogP) is 3.88. The van der Waals surface area contributed by atoms with Gasteiger partial charge < -0.3 is 4.90 Å². The van der Waals surface area contributed by atoms with Crippen molar-refractivity contribution in [3.63, 3.8) is 0 Å². The Balaban J connectivity index is 1.41. The lowest BCUT2D eigenvalue weighted by atomic mass is 9.95. The molecule has 2 aliphatic rings. The van der Waals surface area contributed by atoms with E-state index >= 15 is 0 Å². The summed E-state index contributed by atoms with van der Waals surface area (Å²) in [5.74, 6) is 2.09. The van der Waals surface area contributed by atoms with Gasteiger partial charge in [0.15, 0.2) is 0 Å². The second-order valence-corrected chi connectivity index (χ2v) is 8.86. The second kappa shape index (κ2) is 8.62. The van der Waals surface area contributed by atoms with Crippen molar-refractivity contribution in [3.8, 4) is 0 Å². The quantitative estimate of drug-likeness (QED) is 0.792. The van der Waals surface area contributed by atoms with Crippen LogP contribution in [-0.4, -0.2) is 45.3 Å². The fourth-order valence-corrected chi connectivity index (χ4v) is 4.47. The average Bonchev–Trinajstić information content (AvgIpc) is 2.73. The molecular weight excluding hydrogens is 360 g/mol. The van der Waals surface area contributed by atoms with Crippen molar-refractivity contribution in [2.75, 3.05) is 19.6 Å². The summed E-state index contributed by atoms with van der Waals surface area (Å²) < 4.78 is 0. The van der Waals surface area contributed by atoms with Crippen molar-refractivity contribution in [2.45, 2.75) is 65.0 Å². The minimum atomic E-state index is 0.129. The van der Waals surface area contributed by atoms with E-state index in [4.69, 9.17) is 9.97 Å². The number of benzene rings is 1. The van der Waals surface area contributed by atoms with Gasteiger partial charge in [0.25, 0.3) is 0 Å². The molecule has 1 fully saturated rings. The van der Waals surface area contributed by atoms with Gasteiger partial charge in [-0.25, -0.2) is 9.97 Å². The molecule has 29 heavy (non-hydrogen) atoms. The summed E-state index contributed by atoms with van der Waals surface area (Å²) in [6, 6.07) is 9.07. The summed E-state index contributed by atoms with van der Waals surface area (Å²) in [5, 5.41) is 0. The third-order valence-electron chi connectivity index (χ3n) is 6.32. The third-order valence-corrected chi connectivity index (χ3v) is 6.32. The standard InChI is InChI=1S/C24H32N4O/c1-17(2)20-8-6-19(7-9-20)14-27-11-4-5-21(15-27)24-25-13-22-16-28(18(3)29)12-10-23(22)26-24/h6-9,13,17,21H,4-5,10-12,14-16H2,1-3H3/t21-/m1/s1. The fraction of sp³-hybridized carbons (Fsp3) is 0.542. The Bertz CT molecular complexity index is 862. The van der Waals surface area contributed by atoms with Crippen LogP contribution in [0.3, 0.4) is 0 Å². The highest BCUT2D eigenvalue weighted by Crippen LogP contribution is 2.27. The molecule has 0 N–H and O–H groups in total. The largest absolute Gasteiger partial charge is 0.338 e. The Morgan fingerprint density at radius 1 is 1.21 bits per heavy atom. The molecule has 5 nitrogen and oxygen atoms in total. The number of nitrogens with zero attached hydrogens (tertiary/aromatic N) is 4. The predicted molar refractivity (Wildman–Crippen MR) is 115 cm³/mol. The molecule has 1 aromatic heterocycles. The summed E-state index contributed by atoms with van der Waals surface area (Å²) in [7, 11) is 0. The van der Waals surface area contributed by atoms with Gasteiger partial charge in [-0.2, -0.15) is 0 Å². The van der Waals surface area contributed by atoms with E-state index in [1.165, 1.54) is 17.5 Å². The van der Waals surface area contributed by atoms with E-state index in [1.54, 1.807) is 6.92 Å². The number of rotatable bonds is 4. The van der Waals surface area contributed by atoms with Gasteiger partial charge in [-0.1, -0.05) is 38.1 Å². The zero-order valence-electron chi connectivity index (χ0n) is 17.9. The number of amides is 1. The first kappa shape index (κ1) is 20.0. The first-order chi connectivity index (χ1) is 14.0. The molecule has 5 heteroatoms. The van der Waals surface area contributed by atoms with E-state index in [0.29, 0.717) is 18.4 Å². The smallest absolute Gasteiger partial charge is 0.219 e. The molecule has 1 saturated heterocycles. The van der Waals surface area contributed by atoms with Gasteiger partial charge in [0.1, 0.15) is 5.82 Å². The van der Waals surface area contributed by atoms with Crippen molar-refractivity contribution in [1.29, 1.82) is 0 Å². The lowest BCUT2D eigenvalue weighted by Gasteiger charge is -2.33. The molecule has 0 spiro atoms. The molecule has 1 atom stereocenters. The van der Waals surface area contributed by atoms with Crippen molar-refractivity contribution in [3.05, 3.63) is 58.7 Å². The van der Waals surface area contributed by atoms with E-state index < -0.39 is 0 Å². The van der Waals surface area contributed by atoms with Crippen LogP contribution in [0.15, 0.2) is 30.5 Å². The molecular formula is C24H32N4O. The Hall–Kier alpha value is -2.27. The normalized spacial score (nSPS) is 20.0. The van der Waals surface area contributed by atoms with E-state index in [9.17, 15) is 4.79 Å². The summed E-state index contributed by atoms with van der Waals surface area (Å²) in [5.41, 5.74) is 5.02. The molecule has 2 aromatic rings. The second-order valence-electron chi connectivity index (χ2n) is 8.86. The van der Waals surface area contributed by atoms with E-state index in [2.05, 4.69) is 43.0 Å². The highest BCUT2D eigenvalue weighted by molar-refractivity contribution is 5.73. The monoisotopic (exact) mass is 392 g/mol. The highest BCUT2D eigenvalue weighted by atomic mass is 16.2. The van der Waals surface area contributed by atoms with Crippen LogP contribution in [0, 0.1) is 0 Å². The topological polar surface area (TPSA) is 49.3 Å². The Morgan fingerprint density at radius 2 is 2.00 bits per heavy atom. The summed E-state index contributed by atoms with van der Waals surface area (Å²) in [4.78, 5) is 25.7. The first-order valence-electron chi connectivity index (χ1n) is 10.9. The van der Waals surface area contributed by atoms with Gasteiger partial charge >= 0.3 is 0 Å². The average molecular weight is 393 g/mol. The van der Waals surface area contributed by atoms with Crippen LogP contribution in [0.2, 0.25) is 0 Å². The molecule has 3 heterocycles. The van der Waals surface area contributed by atoms with Crippen molar-refractivity contribution >= 4 is 5.91 Å². The maximum atomic E-state index is 11.6. The van der Waals surface area contributed by atoms with E-state index in [1.807, 2.05) is 11.1 Å². The van der Waals surface area contributed by atoms with Crippen LogP contribution in [0.1, 0.15) is 73.7 Å². The number of likely N-dealkylation sites (tertiary alicyclic amines) is 1. The highest BCUT2D eigenvalue weighted by Gasteiger charge is 2.26. The Morgan fingerprint density at radius 3 is 2.72 bits per heavy atom. The SMILES string of the molecule is CC(=O)N1CCc2nc([C@@H]3CCCN(Cc4ccc(C(C)C)cc4)C3)ncc2C1. The number of fused-ring (bicyclic) bond motifs is 1. The molecule has 1 amide bonds. The summed E-state index contributed by atoms with van der Waals surface area (Å²) >= 11 is 0. The zero-order valence-corrected chi connectivity index (χ0v) is 17.9. The first-order valence-corrected chi connectivity index (χ1v) is 10.9. The van der Waals surface area contributed by atoms with Gasteiger partial charge in [0.2, 0.25) is 5.91 Å². The summed E-state index contributed by atoms with van der Waals surface area (Å²) in [6.07, 6.45) is 5.13. The Labute approximate surface area is 174 Å². The van der Waals surface area contributed by atoms with Crippen LogP contribution in [0.25, 0.3) is 0 Å². The van der Waals surface area contributed by atoms with Crippen LogP contribution >= 0.6 is 0 Å². The number of carbonyl (C=O) groups is 1. The number of hydrogen-bond donors (Lipinski definition) is 0. The maximum Gasteiger partial charge on any atom is 0.219 e. The van der Waals surface area contributed by atoms with Crippen molar-refractivity contribution in [1.82, 2.24) is 19.8 Å². The van der Waals surface area contributed by atoms with Gasteiger partial charge in [0.05, 0.1) is 5.69 Å². The van der Waals surface area contributed by atoms with Crippen molar-refractivity contribution in [2.24, 2.45) is 0 Å². The number of carbonyl (C=O) groups excluding carboxylic acids is 1. The van der Waals surface area contributed by atoms with Gasteiger partial charge in [-0.3, -0.25) is 9.69 Å². The van der Waals surface area contributed by atoms with E-state index in [-0.39, 0.29) is 5.91 Å². The minimum absolute atomic E-state index is 0.129. The fourth-order valence-electron chi connectivity index (χ4n) is 4.47. The Kier molecular flexibility index (Phi) is 5.95. The van der Waals surface area contributed by atoms with Crippen molar-refractivity contribution < 1.29 is 4.79 Å². The van der Waals surface area contributed by atoms with Gasteiger partial charge in [0, 0.05) is 57.2 Å². The molecule has 2 aliphatic heterocycles. The lowest BCUT2D eigenvalue weighted by molar-refractivity contribution is -0.129. The number of piperidine rings is 1. The van der Waals surface area contributed by atoms with Crippen LogP contribution < -0.4 is 0 Å². The molecule has 154 valence electrons. The van der Waals surface area contributed by atoms with E-state index in [0.717, 1.165) is 56.1 Å². The maximum absolute atomic E-state index is 11.6. The van der Waals surface area contributed by atoms with Gasteiger partial charge in [-0.15, -0.1) is 0 Å². The molecule has 0 saturated carbocycles. The molecule has 0 bridgehead atoms. The number of aromatic nitrogens is 2. The van der Waals surface area contributed by atoms with Crippen LogP contribution in [0.5, 0.6) is 0 Å².